The molecule has 3 aromatic carbocycles. The van der Waals surface area contributed by atoms with Gasteiger partial charge >= 0.3 is 6.03 Å². The van der Waals surface area contributed by atoms with Crippen molar-refractivity contribution in [3.63, 3.8) is 0 Å². The molecule has 10 nitrogen and oxygen atoms in total. The van der Waals surface area contributed by atoms with Gasteiger partial charge in [0.05, 0.1) is 22.0 Å². The van der Waals surface area contributed by atoms with Crippen molar-refractivity contribution < 1.29 is 17.9 Å². The Kier molecular flexibility index (Phi) is 7.14. The first-order valence-corrected chi connectivity index (χ1v) is 14.7. The lowest BCUT2D eigenvalue weighted by Crippen LogP contribution is -2.21. The number of nitrogens with one attached hydrogen (secondary N) is 2. The van der Waals surface area contributed by atoms with Crippen molar-refractivity contribution in [2.75, 3.05) is 22.6 Å². The lowest BCUT2D eigenvalue weighted by Gasteiger charge is -2.14. The van der Waals surface area contributed by atoms with Crippen LogP contribution in [0.4, 0.5) is 22.1 Å². The van der Waals surface area contributed by atoms with Gasteiger partial charge in [-0.05, 0) is 42.5 Å². The van der Waals surface area contributed by atoms with Crippen LogP contribution in [0.3, 0.4) is 0 Å². The standard InChI is InChI=1S/C30H30N6O4S/c1-30(2,3)26-18-28(36(35-26)19-9-11-21(12-10-19)41(4,38)39)34-29(37)33-24-13-14-25(23-8-6-5-7-22(23)24)40-20-15-16-32-27(31)17-20/h5-18H,1-4H3,(H2,31,32)(H2,33,34,37). The molecule has 41 heavy (non-hydrogen) atoms. The molecule has 2 heterocycles. The Morgan fingerprint density at radius 1 is 0.927 bits per heavy atom. The molecule has 0 spiro atoms. The fourth-order valence-electron chi connectivity index (χ4n) is 4.23. The van der Waals surface area contributed by atoms with Crippen LogP contribution in [0.25, 0.3) is 16.5 Å². The summed E-state index contributed by atoms with van der Waals surface area (Å²) in [6.45, 7) is 6.06. The molecule has 2 amide bonds. The lowest BCUT2D eigenvalue weighted by atomic mass is 9.92. The van der Waals surface area contributed by atoms with Crippen LogP contribution in [-0.4, -0.2) is 35.5 Å². The first kappa shape index (κ1) is 27.7. The molecule has 0 bridgehead atoms. The molecule has 0 aliphatic heterocycles. The molecule has 2 aromatic heterocycles. The van der Waals surface area contributed by atoms with E-state index in [1.54, 1.807) is 53.3 Å². The normalized spacial score (nSPS) is 11.8. The number of hydrogen-bond donors (Lipinski definition) is 3. The van der Waals surface area contributed by atoms with E-state index in [0.717, 1.165) is 22.7 Å². The van der Waals surface area contributed by atoms with Crippen molar-refractivity contribution in [2.24, 2.45) is 0 Å². The van der Waals surface area contributed by atoms with Gasteiger partial charge in [0.25, 0.3) is 0 Å². The Morgan fingerprint density at radius 3 is 2.29 bits per heavy atom. The van der Waals surface area contributed by atoms with Crippen LogP contribution in [-0.2, 0) is 15.3 Å². The molecule has 0 unspecified atom stereocenters. The van der Waals surface area contributed by atoms with Gasteiger partial charge in [-0.2, -0.15) is 5.10 Å². The van der Waals surface area contributed by atoms with Crippen molar-refractivity contribution in [1.29, 1.82) is 0 Å². The third-order valence-electron chi connectivity index (χ3n) is 6.34. The summed E-state index contributed by atoms with van der Waals surface area (Å²) in [5.41, 5.74) is 7.43. The van der Waals surface area contributed by atoms with Gasteiger partial charge in [0.2, 0.25) is 0 Å². The lowest BCUT2D eigenvalue weighted by molar-refractivity contribution is 0.262. The van der Waals surface area contributed by atoms with E-state index in [4.69, 9.17) is 15.6 Å². The number of nitrogens with two attached hydrogens (primary N) is 1. The quantitative estimate of drug-likeness (QED) is 0.223. The fraction of sp³-hybridized carbons (Fsp3) is 0.167. The molecule has 4 N–H and O–H groups in total. The van der Waals surface area contributed by atoms with E-state index in [1.165, 1.54) is 12.1 Å². The zero-order chi connectivity index (χ0) is 29.4. The molecule has 0 saturated heterocycles. The molecular formula is C30H30N6O4S. The number of aromatic nitrogens is 3. The number of amides is 2. The number of carbonyl (C=O) groups excluding carboxylic acids is 1. The second-order valence-corrected chi connectivity index (χ2v) is 12.6. The van der Waals surface area contributed by atoms with Crippen LogP contribution in [0.5, 0.6) is 11.5 Å². The van der Waals surface area contributed by atoms with Crippen molar-refractivity contribution in [3.8, 4) is 17.2 Å². The molecule has 0 fully saturated rings. The molecule has 0 radical (unpaired) electrons. The summed E-state index contributed by atoms with van der Waals surface area (Å²) in [6, 6.07) is 22.1. The maximum Gasteiger partial charge on any atom is 0.324 e. The highest BCUT2D eigenvalue weighted by Gasteiger charge is 2.22. The summed E-state index contributed by atoms with van der Waals surface area (Å²) in [6.07, 6.45) is 2.73. The average Bonchev–Trinajstić information content (AvgIpc) is 3.34. The minimum atomic E-state index is -3.35. The Labute approximate surface area is 238 Å². The monoisotopic (exact) mass is 570 g/mol. The van der Waals surface area contributed by atoms with Gasteiger partial charge in [-0.3, -0.25) is 5.32 Å². The smallest absolute Gasteiger partial charge is 0.324 e. The number of benzene rings is 3. The summed E-state index contributed by atoms with van der Waals surface area (Å²) < 4.78 is 31.5. The number of ether oxygens (including phenoxy) is 1. The van der Waals surface area contributed by atoms with Gasteiger partial charge < -0.3 is 15.8 Å². The number of anilines is 3. The highest BCUT2D eigenvalue weighted by atomic mass is 32.2. The number of carbonyl (C=O) groups is 1. The fourth-order valence-corrected chi connectivity index (χ4v) is 4.86. The summed E-state index contributed by atoms with van der Waals surface area (Å²) in [5, 5.41) is 12.1. The second-order valence-electron chi connectivity index (χ2n) is 10.6. The summed E-state index contributed by atoms with van der Waals surface area (Å²) >= 11 is 0. The number of pyridine rings is 1. The first-order chi connectivity index (χ1) is 19.4. The van der Waals surface area contributed by atoms with E-state index in [9.17, 15) is 13.2 Å². The number of hydrogen-bond acceptors (Lipinski definition) is 7. The van der Waals surface area contributed by atoms with Crippen molar-refractivity contribution in [1.82, 2.24) is 14.8 Å². The van der Waals surface area contributed by atoms with Gasteiger partial charge in [0.1, 0.15) is 23.1 Å². The number of rotatable bonds is 6. The topological polar surface area (TPSA) is 141 Å². The number of sulfone groups is 1. The van der Waals surface area contributed by atoms with Crippen molar-refractivity contribution in [2.45, 2.75) is 31.1 Å². The van der Waals surface area contributed by atoms with Gasteiger partial charge in [-0.25, -0.2) is 22.9 Å². The molecule has 5 aromatic rings. The molecule has 5 rings (SSSR count). The zero-order valence-electron chi connectivity index (χ0n) is 23.0. The number of nitrogen functional groups attached to an aromatic ring is 1. The van der Waals surface area contributed by atoms with Gasteiger partial charge in [0.15, 0.2) is 9.84 Å². The summed E-state index contributed by atoms with van der Waals surface area (Å²) in [7, 11) is -3.35. The van der Waals surface area contributed by atoms with E-state index in [-0.39, 0.29) is 10.3 Å². The maximum absolute atomic E-state index is 13.3. The third-order valence-corrected chi connectivity index (χ3v) is 7.47. The minimum Gasteiger partial charge on any atom is -0.457 e. The number of fused-ring (bicyclic) bond motifs is 1. The third kappa shape index (κ3) is 6.15. The predicted molar refractivity (Wildman–Crippen MR) is 161 cm³/mol. The van der Waals surface area contributed by atoms with Crippen LogP contribution < -0.4 is 21.1 Å². The number of urea groups is 1. The van der Waals surface area contributed by atoms with E-state index < -0.39 is 15.9 Å². The predicted octanol–water partition coefficient (Wildman–Crippen LogP) is 6.14. The van der Waals surface area contributed by atoms with E-state index in [2.05, 4.69) is 15.6 Å². The highest BCUT2D eigenvalue weighted by molar-refractivity contribution is 7.90. The van der Waals surface area contributed by atoms with Gasteiger partial charge in [0, 0.05) is 40.8 Å². The summed E-state index contributed by atoms with van der Waals surface area (Å²) in [5.74, 6) is 1.93. The SMILES string of the molecule is CC(C)(C)c1cc(NC(=O)Nc2ccc(Oc3ccnc(N)c3)c3ccccc23)n(-c2ccc(S(C)(=O)=O)cc2)n1. The molecule has 0 aliphatic rings. The number of nitrogens with zero attached hydrogens (tertiary/aromatic N) is 3. The molecule has 0 saturated carbocycles. The van der Waals surface area contributed by atoms with Crippen molar-refractivity contribution in [3.05, 3.63) is 90.8 Å². The molecular weight excluding hydrogens is 540 g/mol. The van der Waals surface area contributed by atoms with E-state index in [1.807, 2.05) is 45.0 Å². The van der Waals surface area contributed by atoms with Crippen LogP contribution in [0.1, 0.15) is 26.5 Å². The van der Waals surface area contributed by atoms with Gasteiger partial charge in [-0.15, -0.1) is 0 Å². The Balaban J connectivity index is 1.43. The van der Waals surface area contributed by atoms with E-state index in [0.29, 0.717) is 34.5 Å². The molecule has 0 atom stereocenters. The maximum atomic E-state index is 13.3. The Hall–Kier alpha value is -4.90. The van der Waals surface area contributed by atoms with E-state index >= 15 is 0 Å². The zero-order valence-corrected chi connectivity index (χ0v) is 23.9. The molecule has 11 heteroatoms. The molecule has 0 aliphatic carbocycles. The second kappa shape index (κ2) is 10.6. The largest absolute Gasteiger partial charge is 0.457 e. The van der Waals surface area contributed by atoms with Crippen LogP contribution in [0.2, 0.25) is 0 Å². The summed E-state index contributed by atoms with van der Waals surface area (Å²) in [4.78, 5) is 17.5. The molecule has 210 valence electrons. The Bertz CT molecular complexity index is 1860. The van der Waals surface area contributed by atoms with Crippen LogP contribution in [0, 0.1) is 0 Å². The minimum absolute atomic E-state index is 0.198. The van der Waals surface area contributed by atoms with Crippen LogP contribution in [0.15, 0.2) is 90.0 Å². The van der Waals surface area contributed by atoms with Crippen molar-refractivity contribution >= 4 is 44.0 Å². The highest BCUT2D eigenvalue weighted by Crippen LogP contribution is 2.35. The Morgan fingerprint density at radius 2 is 1.63 bits per heavy atom. The van der Waals surface area contributed by atoms with Gasteiger partial charge in [-0.1, -0.05) is 45.0 Å². The average molecular weight is 571 g/mol. The van der Waals surface area contributed by atoms with Crippen LogP contribution >= 0.6 is 0 Å². The first-order valence-electron chi connectivity index (χ1n) is 12.8.